The van der Waals surface area contributed by atoms with Crippen molar-refractivity contribution in [1.82, 2.24) is 4.98 Å². The molecule has 136 valence electrons. The molecule has 0 saturated heterocycles. The van der Waals surface area contributed by atoms with Crippen molar-refractivity contribution < 1.29 is 4.74 Å². The second-order valence-electron chi connectivity index (χ2n) is 6.06. The molecule has 2 aromatic carbocycles. The quantitative estimate of drug-likeness (QED) is 0.517. The maximum atomic E-state index is 8.95. The van der Waals surface area contributed by atoms with Crippen LogP contribution in [-0.4, -0.2) is 11.5 Å². The largest absolute Gasteiger partial charge is 0.489 e. The van der Waals surface area contributed by atoms with Gasteiger partial charge in [0.2, 0.25) is 0 Å². The summed E-state index contributed by atoms with van der Waals surface area (Å²) in [6, 6.07) is 21.9. The summed E-state index contributed by atoms with van der Waals surface area (Å²) in [6.45, 7) is 4.07. The molecular formula is C22H20BrN3O. The van der Waals surface area contributed by atoms with Crippen molar-refractivity contribution in [3.05, 3.63) is 88.0 Å². The summed E-state index contributed by atoms with van der Waals surface area (Å²) in [5.74, 6) is 1.69. The Morgan fingerprint density at radius 1 is 1.11 bits per heavy atom. The normalized spacial score (nSPS) is 10.3. The zero-order valence-electron chi connectivity index (χ0n) is 15.1. The number of ether oxygens (including phenoxy) is 1. The van der Waals surface area contributed by atoms with Gasteiger partial charge in [0.1, 0.15) is 24.2 Å². The van der Waals surface area contributed by atoms with Gasteiger partial charge in [0.25, 0.3) is 0 Å². The van der Waals surface area contributed by atoms with Crippen molar-refractivity contribution in [3.63, 3.8) is 0 Å². The predicted octanol–water partition coefficient (Wildman–Crippen LogP) is 5.32. The molecule has 1 aromatic heterocycles. The first-order valence-electron chi connectivity index (χ1n) is 8.76. The van der Waals surface area contributed by atoms with Gasteiger partial charge >= 0.3 is 0 Å². The van der Waals surface area contributed by atoms with Crippen LogP contribution in [0.15, 0.2) is 71.3 Å². The maximum absolute atomic E-state index is 8.95. The number of anilines is 1. The summed E-state index contributed by atoms with van der Waals surface area (Å²) in [4.78, 5) is 6.56. The van der Waals surface area contributed by atoms with Crippen LogP contribution in [0.5, 0.6) is 5.75 Å². The molecule has 0 spiro atoms. The van der Waals surface area contributed by atoms with E-state index >= 15 is 0 Å². The number of aromatic nitrogens is 1. The summed E-state index contributed by atoms with van der Waals surface area (Å²) in [5.41, 5.74) is 2.77. The zero-order chi connectivity index (χ0) is 19.1. The van der Waals surface area contributed by atoms with E-state index in [4.69, 9.17) is 10.00 Å². The molecule has 0 aliphatic carbocycles. The molecule has 4 nitrogen and oxygen atoms in total. The van der Waals surface area contributed by atoms with E-state index in [0.717, 1.165) is 33.7 Å². The van der Waals surface area contributed by atoms with Gasteiger partial charge in [-0.05, 0) is 42.8 Å². The molecule has 0 aliphatic heterocycles. The molecule has 27 heavy (non-hydrogen) atoms. The Hall–Kier alpha value is -2.84. The lowest BCUT2D eigenvalue weighted by molar-refractivity contribution is 0.302. The van der Waals surface area contributed by atoms with Crippen molar-refractivity contribution in [2.45, 2.75) is 20.1 Å². The molecule has 0 aliphatic rings. The molecular weight excluding hydrogens is 402 g/mol. The van der Waals surface area contributed by atoms with Crippen molar-refractivity contribution in [2.24, 2.45) is 0 Å². The Labute approximate surface area is 168 Å². The van der Waals surface area contributed by atoms with Crippen molar-refractivity contribution in [1.29, 1.82) is 5.26 Å². The number of halogens is 1. The van der Waals surface area contributed by atoms with E-state index in [9.17, 15) is 0 Å². The third-order valence-corrected chi connectivity index (χ3v) is 4.70. The predicted molar refractivity (Wildman–Crippen MR) is 111 cm³/mol. The minimum atomic E-state index is 0.525. The molecule has 0 radical (unpaired) electrons. The molecule has 3 aromatic rings. The van der Waals surface area contributed by atoms with E-state index in [0.29, 0.717) is 18.7 Å². The van der Waals surface area contributed by atoms with Crippen LogP contribution in [-0.2, 0) is 13.2 Å². The monoisotopic (exact) mass is 421 g/mol. The standard InChI is InChI=1S/C22H20BrN3O/c1-2-26(22-11-8-18(13-24)14-25-22)15-19-12-20(23)9-10-21(19)27-16-17-6-4-3-5-7-17/h3-12,14H,2,15-16H2,1H3. The summed E-state index contributed by atoms with van der Waals surface area (Å²) < 4.78 is 7.09. The summed E-state index contributed by atoms with van der Waals surface area (Å²) in [5, 5.41) is 8.95. The van der Waals surface area contributed by atoms with E-state index in [1.807, 2.05) is 36.4 Å². The Bertz CT molecular complexity index is 921. The zero-order valence-corrected chi connectivity index (χ0v) is 16.7. The minimum Gasteiger partial charge on any atom is -0.489 e. The summed E-state index contributed by atoms with van der Waals surface area (Å²) >= 11 is 3.55. The van der Waals surface area contributed by atoms with Crippen LogP contribution in [0, 0.1) is 11.3 Å². The Kier molecular flexibility index (Phi) is 6.45. The molecule has 5 heteroatoms. The van der Waals surface area contributed by atoms with Crippen molar-refractivity contribution in [2.75, 3.05) is 11.4 Å². The number of benzene rings is 2. The fraction of sp³-hybridized carbons (Fsp3) is 0.182. The van der Waals surface area contributed by atoms with Crippen molar-refractivity contribution in [3.8, 4) is 11.8 Å². The lowest BCUT2D eigenvalue weighted by Gasteiger charge is -2.23. The highest BCUT2D eigenvalue weighted by Gasteiger charge is 2.12. The highest BCUT2D eigenvalue weighted by molar-refractivity contribution is 9.10. The molecule has 0 atom stereocenters. The van der Waals surface area contributed by atoms with Gasteiger partial charge in [-0.2, -0.15) is 5.26 Å². The molecule has 0 saturated carbocycles. The van der Waals surface area contributed by atoms with Crippen LogP contribution in [0.4, 0.5) is 5.82 Å². The smallest absolute Gasteiger partial charge is 0.128 e. The minimum absolute atomic E-state index is 0.525. The lowest BCUT2D eigenvalue weighted by Crippen LogP contribution is -2.23. The maximum Gasteiger partial charge on any atom is 0.128 e. The first-order valence-corrected chi connectivity index (χ1v) is 9.55. The average Bonchev–Trinajstić information content (AvgIpc) is 2.72. The van der Waals surface area contributed by atoms with E-state index in [-0.39, 0.29) is 0 Å². The second-order valence-corrected chi connectivity index (χ2v) is 6.97. The van der Waals surface area contributed by atoms with Gasteiger partial charge in [0.15, 0.2) is 0 Å². The van der Waals surface area contributed by atoms with Crippen LogP contribution in [0.25, 0.3) is 0 Å². The number of hydrogen-bond acceptors (Lipinski definition) is 4. The van der Waals surface area contributed by atoms with Gasteiger partial charge in [-0.15, -0.1) is 0 Å². The summed E-state index contributed by atoms with van der Waals surface area (Å²) in [6.07, 6.45) is 1.60. The van der Waals surface area contributed by atoms with E-state index in [1.54, 1.807) is 12.3 Å². The van der Waals surface area contributed by atoms with Gasteiger partial charge in [-0.1, -0.05) is 46.3 Å². The van der Waals surface area contributed by atoms with E-state index in [1.165, 1.54) is 0 Å². The van der Waals surface area contributed by atoms with Crippen LogP contribution in [0.2, 0.25) is 0 Å². The van der Waals surface area contributed by atoms with E-state index in [2.05, 4.69) is 57.0 Å². The number of hydrogen-bond donors (Lipinski definition) is 0. The van der Waals surface area contributed by atoms with Gasteiger partial charge in [0, 0.05) is 29.3 Å². The SMILES string of the molecule is CCN(Cc1cc(Br)ccc1OCc1ccccc1)c1ccc(C#N)cn1. The van der Waals surface area contributed by atoms with Gasteiger partial charge in [-0.3, -0.25) is 0 Å². The second kappa shape index (κ2) is 9.20. The Morgan fingerprint density at radius 2 is 1.93 bits per heavy atom. The number of nitriles is 1. The molecule has 3 rings (SSSR count). The topological polar surface area (TPSA) is 49.1 Å². The van der Waals surface area contributed by atoms with Gasteiger partial charge < -0.3 is 9.64 Å². The highest BCUT2D eigenvalue weighted by Crippen LogP contribution is 2.27. The Morgan fingerprint density at radius 3 is 2.59 bits per heavy atom. The fourth-order valence-electron chi connectivity index (χ4n) is 2.75. The van der Waals surface area contributed by atoms with Crippen LogP contribution in [0.1, 0.15) is 23.6 Å². The van der Waals surface area contributed by atoms with Gasteiger partial charge in [-0.25, -0.2) is 4.98 Å². The molecule has 0 N–H and O–H groups in total. The molecule has 0 bridgehead atoms. The summed E-state index contributed by atoms with van der Waals surface area (Å²) in [7, 11) is 0. The third-order valence-electron chi connectivity index (χ3n) is 4.20. The number of pyridine rings is 1. The number of nitrogens with zero attached hydrogens (tertiary/aromatic N) is 3. The van der Waals surface area contributed by atoms with Crippen molar-refractivity contribution >= 4 is 21.7 Å². The Balaban J connectivity index is 1.79. The highest BCUT2D eigenvalue weighted by atomic mass is 79.9. The van der Waals surface area contributed by atoms with E-state index < -0.39 is 0 Å². The van der Waals surface area contributed by atoms with Crippen LogP contribution in [0.3, 0.4) is 0 Å². The fourth-order valence-corrected chi connectivity index (χ4v) is 3.16. The lowest BCUT2D eigenvalue weighted by atomic mass is 10.1. The molecule has 0 fully saturated rings. The third kappa shape index (κ3) is 5.08. The first kappa shape index (κ1) is 18.9. The van der Waals surface area contributed by atoms with Gasteiger partial charge in [0.05, 0.1) is 5.56 Å². The molecule has 1 heterocycles. The van der Waals surface area contributed by atoms with Crippen LogP contribution >= 0.6 is 15.9 Å². The van der Waals surface area contributed by atoms with Crippen LogP contribution < -0.4 is 9.64 Å². The molecule has 0 amide bonds. The number of rotatable bonds is 7. The first-order chi connectivity index (χ1) is 13.2. The average molecular weight is 422 g/mol. The molecule has 0 unspecified atom stereocenters.